The molecule has 0 atom stereocenters. The summed E-state index contributed by atoms with van der Waals surface area (Å²) in [7, 11) is 3.49. The third kappa shape index (κ3) is 6.26. The van der Waals surface area contributed by atoms with Crippen molar-refractivity contribution in [3.8, 4) is 28.3 Å². The highest BCUT2D eigenvalue weighted by atomic mass is 19.3. The number of hydrogen-bond donors (Lipinski definition) is 1. The number of rotatable bonds is 9. The van der Waals surface area contributed by atoms with Crippen molar-refractivity contribution < 1.29 is 13.5 Å². The molecule has 0 saturated carbocycles. The van der Waals surface area contributed by atoms with Crippen LogP contribution in [0.5, 0.6) is 5.88 Å². The van der Waals surface area contributed by atoms with Gasteiger partial charge in [-0.2, -0.15) is 15.2 Å². The summed E-state index contributed by atoms with van der Waals surface area (Å²) in [5.41, 5.74) is 6.08. The molecule has 5 rings (SSSR count). The van der Waals surface area contributed by atoms with Crippen LogP contribution in [0.2, 0.25) is 0 Å². The van der Waals surface area contributed by atoms with Crippen LogP contribution in [0.4, 0.5) is 26.1 Å². The van der Waals surface area contributed by atoms with Gasteiger partial charge in [-0.3, -0.25) is 9.88 Å². The fourth-order valence-electron chi connectivity index (χ4n) is 4.52. The van der Waals surface area contributed by atoms with Crippen molar-refractivity contribution in [3.05, 3.63) is 66.7 Å². The molecule has 0 aliphatic carbocycles. The van der Waals surface area contributed by atoms with Crippen molar-refractivity contribution >= 4 is 17.3 Å². The first-order valence-corrected chi connectivity index (χ1v) is 12.6. The molecule has 1 N–H and O–H groups in total. The van der Waals surface area contributed by atoms with Crippen molar-refractivity contribution in [2.75, 3.05) is 50.6 Å². The summed E-state index contributed by atoms with van der Waals surface area (Å²) in [5, 5.41) is 11.4. The molecule has 11 heteroatoms. The van der Waals surface area contributed by atoms with Crippen LogP contribution in [-0.2, 0) is 0 Å². The number of nitrogens with zero attached hydrogens (tertiary/aromatic N) is 7. The van der Waals surface area contributed by atoms with Gasteiger partial charge in [0, 0.05) is 51.1 Å². The van der Waals surface area contributed by atoms with Crippen molar-refractivity contribution in [2.45, 2.75) is 19.3 Å². The van der Waals surface area contributed by atoms with Gasteiger partial charge in [0.2, 0.25) is 11.8 Å². The summed E-state index contributed by atoms with van der Waals surface area (Å²) in [6.07, 6.45) is 6.73. The highest BCUT2D eigenvalue weighted by Gasteiger charge is 2.37. The van der Waals surface area contributed by atoms with Crippen molar-refractivity contribution in [1.82, 2.24) is 30.0 Å². The Balaban J connectivity index is 1.26. The maximum atomic E-state index is 13.5. The summed E-state index contributed by atoms with van der Waals surface area (Å²) in [6, 6.07) is 11.8. The lowest BCUT2D eigenvalue weighted by atomic mass is 10.0. The van der Waals surface area contributed by atoms with E-state index in [-0.39, 0.29) is 13.0 Å². The molecule has 202 valence electrons. The molecular formula is C28H30F2N8O. The van der Waals surface area contributed by atoms with Crippen molar-refractivity contribution in [3.63, 3.8) is 0 Å². The van der Waals surface area contributed by atoms with Crippen LogP contribution in [0.15, 0.2) is 61.2 Å². The first kappa shape index (κ1) is 26.4. The third-order valence-corrected chi connectivity index (χ3v) is 6.76. The summed E-state index contributed by atoms with van der Waals surface area (Å²) >= 11 is 0. The van der Waals surface area contributed by atoms with E-state index in [1.165, 1.54) is 0 Å². The van der Waals surface area contributed by atoms with Gasteiger partial charge in [-0.25, -0.2) is 13.8 Å². The molecule has 1 fully saturated rings. The van der Waals surface area contributed by atoms with Gasteiger partial charge in [-0.15, -0.1) is 0 Å². The molecule has 39 heavy (non-hydrogen) atoms. The molecule has 0 unspecified atom stereocenters. The lowest BCUT2D eigenvalue weighted by Crippen LogP contribution is -2.33. The zero-order valence-corrected chi connectivity index (χ0v) is 22.1. The van der Waals surface area contributed by atoms with Gasteiger partial charge >= 0.3 is 0 Å². The standard InChI is InChI=1S/C28H30F2N8O/c1-19-8-10-33-36-25(19)21-6-4-20(5-7-21)24-17-32-27(35-26(24)39-3)34-22-14-23(16-31-15-22)37(2)12-13-38-11-9-28(29,30)18-38/h4-8,10,14-17H,9,11-13,18H2,1-3H3,(H,32,34,35). The average molecular weight is 533 g/mol. The highest BCUT2D eigenvalue weighted by molar-refractivity contribution is 5.73. The Morgan fingerprint density at radius 1 is 1.10 bits per heavy atom. The minimum Gasteiger partial charge on any atom is -0.480 e. The van der Waals surface area contributed by atoms with E-state index in [0.29, 0.717) is 37.1 Å². The van der Waals surface area contributed by atoms with Crippen LogP contribution >= 0.6 is 0 Å². The first-order chi connectivity index (χ1) is 18.8. The molecule has 9 nitrogen and oxygen atoms in total. The molecule has 3 aromatic heterocycles. The lowest BCUT2D eigenvalue weighted by molar-refractivity contribution is 0.0125. The Kier molecular flexibility index (Phi) is 7.60. The van der Waals surface area contributed by atoms with Gasteiger partial charge in [-0.05, 0) is 30.2 Å². The summed E-state index contributed by atoms with van der Waals surface area (Å²) in [6.45, 7) is 3.41. The quantitative estimate of drug-likeness (QED) is 0.325. The van der Waals surface area contributed by atoms with Crippen molar-refractivity contribution in [2.24, 2.45) is 0 Å². The van der Waals surface area contributed by atoms with E-state index in [9.17, 15) is 8.78 Å². The zero-order chi connectivity index (χ0) is 27.4. The predicted octanol–water partition coefficient (Wildman–Crippen LogP) is 4.83. The molecule has 4 aromatic rings. The minimum atomic E-state index is -2.58. The number of pyridine rings is 1. The predicted molar refractivity (Wildman–Crippen MR) is 147 cm³/mol. The fourth-order valence-corrected chi connectivity index (χ4v) is 4.52. The Bertz CT molecular complexity index is 1430. The first-order valence-electron chi connectivity index (χ1n) is 12.6. The molecule has 1 aromatic carbocycles. The van der Waals surface area contributed by atoms with Crippen LogP contribution in [-0.4, -0.2) is 76.3 Å². The molecular weight excluding hydrogens is 502 g/mol. The molecule has 1 aliphatic rings. The van der Waals surface area contributed by atoms with E-state index in [2.05, 4.69) is 30.5 Å². The fraction of sp³-hybridized carbons (Fsp3) is 0.321. The summed E-state index contributed by atoms with van der Waals surface area (Å²) in [4.78, 5) is 17.1. The second-order valence-corrected chi connectivity index (χ2v) is 9.62. The number of ether oxygens (including phenoxy) is 1. The van der Waals surface area contributed by atoms with Crippen LogP contribution in [0.3, 0.4) is 0 Å². The van der Waals surface area contributed by atoms with E-state index in [1.54, 1.807) is 36.8 Å². The molecule has 1 aliphatic heterocycles. The largest absolute Gasteiger partial charge is 0.480 e. The van der Waals surface area contributed by atoms with E-state index >= 15 is 0 Å². The molecule has 0 spiro atoms. The maximum Gasteiger partial charge on any atom is 0.261 e. The van der Waals surface area contributed by atoms with Gasteiger partial charge in [-0.1, -0.05) is 24.3 Å². The number of methoxy groups -OCH3 is 1. The Hall–Kier alpha value is -4.25. The third-order valence-electron chi connectivity index (χ3n) is 6.76. The van der Waals surface area contributed by atoms with E-state index in [1.807, 2.05) is 55.3 Å². The SMILES string of the molecule is COc1nc(Nc2cncc(N(C)CCN3CCC(F)(F)C3)c2)ncc1-c1ccc(-c2nnccc2C)cc1. The van der Waals surface area contributed by atoms with Gasteiger partial charge in [0.05, 0.1) is 48.7 Å². The number of aryl methyl sites for hydroxylation is 1. The Labute approximate surface area is 225 Å². The molecule has 4 heterocycles. The normalized spacial score (nSPS) is 14.8. The maximum absolute atomic E-state index is 13.5. The number of anilines is 3. The number of alkyl halides is 2. The smallest absolute Gasteiger partial charge is 0.261 e. The van der Waals surface area contributed by atoms with Gasteiger partial charge in [0.25, 0.3) is 5.92 Å². The van der Waals surface area contributed by atoms with Crippen LogP contribution < -0.4 is 15.0 Å². The second kappa shape index (κ2) is 11.2. The van der Waals surface area contributed by atoms with Crippen LogP contribution in [0.1, 0.15) is 12.0 Å². The average Bonchev–Trinajstić information content (AvgIpc) is 3.30. The minimum absolute atomic E-state index is 0.0756. The van der Waals surface area contributed by atoms with E-state index in [4.69, 9.17) is 4.74 Å². The van der Waals surface area contributed by atoms with E-state index < -0.39 is 5.92 Å². The summed E-state index contributed by atoms with van der Waals surface area (Å²) < 4.78 is 32.5. The van der Waals surface area contributed by atoms with Gasteiger partial charge < -0.3 is 15.0 Å². The van der Waals surface area contributed by atoms with Crippen LogP contribution in [0.25, 0.3) is 22.4 Å². The van der Waals surface area contributed by atoms with Crippen molar-refractivity contribution in [1.29, 1.82) is 0 Å². The Morgan fingerprint density at radius 3 is 2.62 bits per heavy atom. The number of likely N-dealkylation sites (N-methyl/N-ethyl adjacent to an activating group) is 1. The number of halogens is 2. The second-order valence-electron chi connectivity index (χ2n) is 9.62. The number of nitrogens with one attached hydrogen (secondary N) is 1. The Morgan fingerprint density at radius 2 is 1.90 bits per heavy atom. The molecule has 1 saturated heterocycles. The summed E-state index contributed by atoms with van der Waals surface area (Å²) in [5.74, 6) is -1.79. The number of benzene rings is 1. The van der Waals surface area contributed by atoms with Gasteiger partial charge in [0.15, 0.2) is 0 Å². The monoisotopic (exact) mass is 532 g/mol. The zero-order valence-electron chi connectivity index (χ0n) is 22.1. The van der Waals surface area contributed by atoms with Crippen LogP contribution in [0, 0.1) is 6.92 Å². The topological polar surface area (TPSA) is 92.2 Å². The lowest BCUT2D eigenvalue weighted by Gasteiger charge is -2.23. The van der Waals surface area contributed by atoms with Gasteiger partial charge in [0.1, 0.15) is 0 Å². The number of aromatic nitrogens is 5. The number of hydrogen-bond acceptors (Lipinski definition) is 9. The van der Waals surface area contributed by atoms with E-state index in [0.717, 1.165) is 33.6 Å². The molecule has 0 radical (unpaired) electrons. The molecule has 0 amide bonds. The number of likely N-dealkylation sites (tertiary alicyclic amines) is 1. The highest BCUT2D eigenvalue weighted by Crippen LogP contribution is 2.31. The molecule has 0 bridgehead atoms.